The Balaban J connectivity index is 2.23. The van der Waals surface area contributed by atoms with Crippen molar-refractivity contribution in [2.75, 3.05) is 37.7 Å². The van der Waals surface area contributed by atoms with Gasteiger partial charge in [0.2, 0.25) is 0 Å². The zero-order chi connectivity index (χ0) is 16.4. The van der Waals surface area contributed by atoms with Crippen LogP contribution in [0, 0.1) is 0 Å². The lowest BCUT2D eigenvalue weighted by Crippen LogP contribution is -2.48. The van der Waals surface area contributed by atoms with Crippen molar-refractivity contribution in [2.45, 2.75) is 45.6 Å². The van der Waals surface area contributed by atoms with Gasteiger partial charge in [-0.25, -0.2) is 0 Å². The topological polar surface area (TPSA) is 47.7 Å². The summed E-state index contributed by atoms with van der Waals surface area (Å²) in [4.78, 5) is 2.37. The van der Waals surface area contributed by atoms with Gasteiger partial charge in [0.1, 0.15) is 11.4 Å². The number of nitrogens with zero attached hydrogens (tertiary/aromatic N) is 1. The van der Waals surface area contributed by atoms with Crippen molar-refractivity contribution >= 4 is 5.69 Å². The molecule has 0 radical (unpaired) electrons. The smallest absolute Gasteiger partial charge is 0.143 e. The molecule has 124 valence electrons. The van der Waals surface area contributed by atoms with Gasteiger partial charge in [0.25, 0.3) is 0 Å². The van der Waals surface area contributed by atoms with Gasteiger partial charge in [0.15, 0.2) is 0 Å². The highest BCUT2D eigenvalue weighted by molar-refractivity contribution is 5.63. The van der Waals surface area contributed by atoms with E-state index in [1.807, 2.05) is 0 Å². The van der Waals surface area contributed by atoms with Gasteiger partial charge < -0.3 is 20.1 Å². The van der Waals surface area contributed by atoms with Gasteiger partial charge in [-0.3, -0.25) is 0 Å². The molecule has 0 saturated carbocycles. The summed E-state index contributed by atoms with van der Waals surface area (Å²) in [7, 11) is 0. The maximum Gasteiger partial charge on any atom is 0.143 e. The van der Waals surface area contributed by atoms with Gasteiger partial charge in [-0.1, -0.05) is 26.8 Å². The lowest BCUT2D eigenvalue weighted by Gasteiger charge is -2.41. The number of nitrogens with two attached hydrogens (primary N) is 1. The third-order valence-corrected chi connectivity index (χ3v) is 3.89. The van der Waals surface area contributed by atoms with E-state index in [2.05, 4.69) is 57.7 Å². The molecule has 0 unspecified atom stereocenters. The average molecular weight is 306 g/mol. The summed E-state index contributed by atoms with van der Waals surface area (Å²) in [5, 5.41) is 0. The Morgan fingerprint density at radius 3 is 2.64 bits per heavy atom. The van der Waals surface area contributed by atoms with Crippen molar-refractivity contribution in [3.05, 3.63) is 23.8 Å². The summed E-state index contributed by atoms with van der Waals surface area (Å²) < 4.78 is 11.7. The third kappa shape index (κ3) is 4.14. The van der Waals surface area contributed by atoms with E-state index in [9.17, 15) is 0 Å². The summed E-state index contributed by atoms with van der Waals surface area (Å²) in [6.07, 6.45) is 0. The van der Waals surface area contributed by atoms with E-state index in [1.54, 1.807) is 0 Å². The van der Waals surface area contributed by atoms with Crippen LogP contribution in [0.4, 0.5) is 5.69 Å². The molecule has 1 aliphatic rings. The van der Waals surface area contributed by atoms with Crippen LogP contribution >= 0.6 is 0 Å². The summed E-state index contributed by atoms with van der Waals surface area (Å²) in [6, 6.07) is 6.53. The molecule has 1 aromatic rings. The van der Waals surface area contributed by atoms with Gasteiger partial charge in [-0.2, -0.15) is 0 Å². The van der Waals surface area contributed by atoms with Crippen molar-refractivity contribution in [3.63, 3.8) is 0 Å². The standard InChI is InChI=1S/C18H30N2O2/c1-17(2,3)14-6-7-16-15(12-14)20(9-11-21-10-8-19)13-18(4,5)22-16/h6-7,12H,8-11,13,19H2,1-5H3. The molecule has 0 saturated heterocycles. The van der Waals surface area contributed by atoms with Crippen LogP contribution < -0.4 is 15.4 Å². The number of hydrogen-bond donors (Lipinski definition) is 1. The first kappa shape index (κ1) is 17.1. The molecule has 4 nitrogen and oxygen atoms in total. The third-order valence-electron chi connectivity index (χ3n) is 3.89. The number of benzene rings is 1. The molecule has 4 heteroatoms. The molecule has 0 atom stereocenters. The molecule has 22 heavy (non-hydrogen) atoms. The summed E-state index contributed by atoms with van der Waals surface area (Å²) >= 11 is 0. The number of anilines is 1. The quantitative estimate of drug-likeness (QED) is 0.850. The molecule has 0 aromatic heterocycles. The molecule has 1 heterocycles. The van der Waals surface area contributed by atoms with Gasteiger partial charge >= 0.3 is 0 Å². The number of ether oxygens (including phenoxy) is 2. The van der Waals surface area contributed by atoms with E-state index in [0.29, 0.717) is 19.8 Å². The Labute approximate surface area is 134 Å². The molecule has 2 rings (SSSR count). The molecule has 0 bridgehead atoms. The Kier molecular flexibility index (Phi) is 5.03. The lowest BCUT2D eigenvalue weighted by atomic mass is 9.86. The van der Waals surface area contributed by atoms with Crippen LogP contribution in [0.1, 0.15) is 40.2 Å². The monoisotopic (exact) mass is 306 g/mol. The highest BCUT2D eigenvalue weighted by Gasteiger charge is 2.32. The molecule has 1 aromatic carbocycles. The molecule has 0 amide bonds. The second kappa shape index (κ2) is 6.47. The maximum atomic E-state index is 6.14. The van der Waals surface area contributed by atoms with E-state index in [4.69, 9.17) is 15.2 Å². The minimum Gasteiger partial charge on any atom is -0.484 e. The van der Waals surface area contributed by atoms with Crippen molar-refractivity contribution in [1.82, 2.24) is 0 Å². The number of fused-ring (bicyclic) bond motifs is 1. The first-order valence-electron chi connectivity index (χ1n) is 8.09. The van der Waals surface area contributed by atoms with Crippen molar-refractivity contribution in [3.8, 4) is 5.75 Å². The molecule has 1 aliphatic heterocycles. The highest BCUT2D eigenvalue weighted by Crippen LogP contribution is 2.39. The Morgan fingerprint density at radius 1 is 1.27 bits per heavy atom. The molecule has 0 aliphatic carbocycles. The zero-order valence-electron chi connectivity index (χ0n) is 14.6. The zero-order valence-corrected chi connectivity index (χ0v) is 14.6. The van der Waals surface area contributed by atoms with Crippen LogP contribution in [0.15, 0.2) is 18.2 Å². The van der Waals surface area contributed by atoms with Crippen LogP contribution in [0.5, 0.6) is 5.75 Å². The number of hydrogen-bond acceptors (Lipinski definition) is 4. The predicted octanol–water partition coefficient (Wildman–Crippen LogP) is 2.94. The normalized spacial score (nSPS) is 17.1. The fraction of sp³-hybridized carbons (Fsp3) is 0.667. The van der Waals surface area contributed by atoms with Crippen LogP contribution in [-0.2, 0) is 10.2 Å². The largest absolute Gasteiger partial charge is 0.484 e. The minimum absolute atomic E-state index is 0.129. The average Bonchev–Trinajstić information content (AvgIpc) is 2.40. The molecule has 2 N–H and O–H groups in total. The molecular weight excluding hydrogens is 276 g/mol. The highest BCUT2D eigenvalue weighted by atomic mass is 16.5. The van der Waals surface area contributed by atoms with Gasteiger partial charge in [0, 0.05) is 13.1 Å². The van der Waals surface area contributed by atoms with Crippen LogP contribution in [-0.4, -0.2) is 38.4 Å². The van der Waals surface area contributed by atoms with Crippen LogP contribution in [0.25, 0.3) is 0 Å². The summed E-state index contributed by atoms with van der Waals surface area (Å²) in [6.45, 7) is 14.5. The Bertz CT molecular complexity index is 506. The van der Waals surface area contributed by atoms with E-state index in [-0.39, 0.29) is 11.0 Å². The van der Waals surface area contributed by atoms with Crippen LogP contribution in [0.2, 0.25) is 0 Å². The van der Waals surface area contributed by atoms with Crippen LogP contribution in [0.3, 0.4) is 0 Å². The van der Waals surface area contributed by atoms with E-state index in [0.717, 1.165) is 18.8 Å². The van der Waals surface area contributed by atoms with Crippen molar-refractivity contribution < 1.29 is 9.47 Å². The van der Waals surface area contributed by atoms with E-state index in [1.165, 1.54) is 11.3 Å². The lowest BCUT2D eigenvalue weighted by molar-refractivity contribution is 0.0977. The second-order valence-corrected chi connectivity index (χ2v) is 7.62. The van der Waals surface area contributed by atoms with Gasteiger partial charge in [0.05, 0.1) is 25.4 Å². The maximum absolute atomic E-state index is 6.14. The molecule has 0 spiro atoms. The van der Waals surface area contributed by atoms with Crippen molar-refractivity contribution in [2.24, 2.45) is 5.73 Å². The fourth-order valence-electron chi connectivity index (χ4n) is 2.75. The fourth-order valence-corrected chi connectivity index (χ4v) is 2.75. The molecular formula is C18H30N2O2. The Hall–Kier alpha value is -1.26. The summed E-state index contributed by atoms with van der Waals surface area (Å²) in [5.74, 6) is 0.961. The first-order valence-corrected chi connectivity index (χ1v) is 8.09. The predicted molar refractivity (Wildman–Crippen MR) is 91.9 cm³/mol. The number of rotatable bonds is 5. The van der Waals surface area contributed by atoms with Crippen molar-refractivity contribution in [1.29, 1.82) is 0 Å². The van der Waals surface area contributed by atoms with Gasteiger partial charge in [-0.05, 0) is 37.0 Å². The van der Waals surface area contributed by atoms with Gasteiger partial charge in [-0.15, -0.1) is 0 Å². The van der Waals surface area contributed by atoms with E-state index >= 15 is 0 Å². The Morgan fingerprint density at radius 2 is 2.00 bits per heavy atom. The second-order valence-electron chi connectivity index (χ2n) is 7.62. The minimum atomic E-state index is -0.190. The SMILES string of the molecule is CC1(C)CN(CCOCCN)c2cc(C(C)(C)C)ccc2O1. The van der Waals surface area contributed by atoms with E-state index < -0.39 is 0 Å². The molecule has 0 fully saturated rings. The first-order chi connectivity index (χ1) is 10.2. The summed E-state index contributed by atoms with van der Waals surface area (Å²) in [5.41, 5.74) is 7.91.